The molecule has 11 heteroatoms. The fourth-order valence-corrected chi connectivity index (χ4v) is 4.69. The van der Waals surface area contributed by atoms with Gasteiger partial charge in [-0.05, 0) is 29.7 Å². The molecule has 4 aromatic rings. The van der Waals surface area contributed by atoms with Gasteiger partial charge in [-0.15, -0.1) is 22.7 Å². The molecular weight excluding hydrogens is 449 g/mol. The zero-order chi connectivity index (χ0) is 22.2. The molecule has 0 bridgehead atoms. The molecule has 3 aromatic heterocycles. The van der Waals surface area contributed by atoms with Gasteiger partial charge in [-0.1, -0.05) is 0 Å². The van der Waals surface area contributed by atoms with E-state index in [1.165, 1.54) is 23.5 Å². The van der Waals surface area contributed by atoms with E-state index in [-0.39, 0.29) is 22.9 Å². The fraction of sp³-hybridized carbons (Fsp3) is 0.100. The van der Waals surface area contributed by atoms with E-state index < -0.39 is 23.2 Å². The molecule has 3 heterocycles. The highest BCUT2D eigenvalue weighted by atomic mass is 32.1. The summed E-state index contributed by atoms with van der Waals surface area (Å²) < 4.78 is 38.9. The maximum Gasteiger partial charge on any atom is 0.416 e. The van der Waals surface area contributed by atoms with Crippen LogP contribution in [0.3, 0.4) is 0 Å². The number of benzene rings is 1. The first-order chi connectivity index (χ1) is 14.8. The van der Waals surface area contributed by atoms with Crippen LogP contribution in [0.5, 0.6) is 0 Å². The number of thiophene rings is 1. The Kier molecular flexibility index (Phi) is 5.34. The van der Waals surface area contributed by atoms with E-state index in [0.29, 0.717) is 21.0 Å². The lowest BCUT2D eigenvalue weighted by Crippen LogP contribution is -2.21. The lowest BCUT2D eigenvalue weighted by atomic mass is 10.1. The first kappa shape index (κ1) is 20.8. The topological polar surface area (TPSA) is 98.6 Å². The van der Waals surface area contributed by atoms with E-state index in [4.69, 9.17) is 0 Å². The molecule has 156 valence electrons. The predicted octanol–water partition coefficient (Wildman–Crippen LogP) is 4.78. The SMILES string of the molecule is N#Cc1csc(NC(=O)Cc2cc3cc(C(F)(F)F)ccc3[nH]c2=O)c1-c1cncs1. The zero-order valence-electron chi connectivity index (χ0n) is 15.4. The number of nitriles is 1. The Bertz CT molecular complexity index is 1380. The molecule has 2 N–H and O–H groups in total. The van der Waals surface area contributed by atoms with Gasteiger partial charge in [0.15, 0.2) is 0 Å². The van der Waals surface area contributed by atoms with Gasteiger partial charge in [-0.25, -0.2) is 0 Å². The van der Waals surface area contributed by atoms with E-state index >= 15 is 0 Å². The minimum Gasteiger partial charge on any atom is -0.322 e. The summed E-state index contributed by atoms with van der Waals surface area (Å²) in [5, 5.41) is 14.2. The van der Waals surface area contributed by atoms with Crippen molar-refractivity contribution >= 4 is 44.5 Å². The molecule has 0 saturated carbocycles. The number of aromatic amines is 1. The van der Waals surface area contributed by atoms with Gasteiger partial charge < -0.3 is 10.3 Å². The molecule has 1 amide bonds. The van der Waals surface area contributed by atoms with Gasteiger partial charge in [0.1, 0.15) is 11.1 Å². The Morgan fingerprint density at radius 3 is 2.74 bits per heavy atom. The number of nitrogens with one attached hydrogen (secondary N) is 2. The van der Waals surface area contributed by atoms with Gasteiger partial charge in [-0.3, -0.25) is 14.6 Å². The minimum absolute atomic E-state index is 0.0285. The lowest BCUT2D eigenvalue weighted by molar-refractivity contribution is -0.137. The Hall–Kier alpha value is -3.49. The summed E-state index contributed by atoms with van der Waals surface area (Å²) in [5.74, 6) is -0.533. The number of alkyl halides is 3. The average Bonchev–Trinajstić information content (AvgIpc) is 3.36. The van der Waals surface area contributed by atoms with E-state index in [9.17, 15) is 28.0 Å². The molecule has 0 fully saturated rings. The van der Waals surface area contributed by atoms with Crippen molar-refractivity contribution in [2.75, 3.05) is 5.32 Å². The fourth-order valence-electron chi connectivity index (χ4n) is 3.02. The van der Waals surface area contributed by atoms with E-state index in [1.807, 2.05) is 0 Å². The van der Waals surface area contributed by atoms with Gasteiger partial charge in [0.2, 0.25) is 5.91 Å². The number of hydrogen-bond donors (Lipinski definition) is 2. The summed E-state index contributed by atoms with van der Waals surface area (Å²) in [6, 6.07) is 6.33. The van der Waals surface area contributed by atoms with Gasteiger partial charge in [0.05, 0.1) is 27.9 Å². The number of rotatable bonds is 4. The molecule has 0 aliphatic carbocycles. The number of amides is 1. The van der Waals surface area contributed by atoms with Crippen molar-refractivity contribution in [3.63, 3.8) is 0 Å². The first-order valence-electron chi connectivity index (χ1n) is 8.69. The van der Waals surface area contributed by atoms with Gasteiger partial charge in [0.25, 0.3) is 5.56 Å². The van der Waals surface area contributed by atoms with Gasteiger partial charge in [0, 0.05) is 28.2 Å². The van der Waals surface area contributed by atoms with E-state index in [2.05, 4.69) is 21.4 Å². The third-order valence-corrected chi connectivity index (χ3v) is 6.13. The van der Waals surface area contributed by atoms with Crippen LogP contribution in [0.15, 0.2) is 46.1 Å². The number of halogens is 3. The van der Waals surface area contributed by atoms with E-state index in [0.717, 1.165) is 23.5 Å². The third-order valence-electron chi connectivity index (χ3n) is 4.44. The molecule has 0 aliphatic heterocycles. The molecule has 4 rings (SSSR count). The Labute approximate surface area is 180 Å². The van der Waals surface area contributed by atoms with Crippen LogP contribution in [0.1, 0.15) is 16.7 Å². The highest BCUT2D eigenvalue weighted by Gasteiger charge is 2.30. The number of anilines is 1. The number of nitrogens with zero attached hydrogens (tertiary/aromatic N) is 2. The molecule has 0 radical (unpaired) electrons. The van der Waals surface area contributed by atoms with Crippen LogP contribution in [0, 0.1) is 11.3 Å². The first-order valence-corrected chi connectivity index (χ1v) is 10.5. The number of carbonyl (C=O) groups is 1. The summed E-state index contributed by atoms with van der Waals surface area (Å²) in [6.45, 7) is 0. The number of hydrogen-bond acceptors (Lipinski definition) is 6. The summed E-state index contributed by atoms with van der Waals surface area (Å²) in [6.07, 6.45) is -3.29. The van der Waals surface area contributed by atoms with E-state index in [1.54, 1.807) is 17.1 Å². The molecule has 31 heavy (non-hydrogen) atoms. The summed E-state index contributed by atoms with van der Waals surface area (Å²) in [5.41, 5.74) is 1.39. The Morgan fingerprint density at radius 2 is 2.06 bits per heavy atom. The smallest absolute Gasteiger partial charge is 0.322 e. The molecule has 0 spiro atoms. The minimum atomic E-state index is -4.52. The maximum atomic E-state index is 13.0. The normalized spacial score (nSPS) is 11.4. The second-order valence-electron chi connectivity index (χ2n) is 6.48. The quantitative estimate of drug-likeness (QED) is 0.458. The number of pyridine rings is 1. The van der Waals surface area contributed by atoms with Gasteiger partial charge in [-0.2, -0.15) is 18.4 Å². The second kappa shape index (κ2) is 7.98. The highest BCUT2D eigenvalue weighted by Crippen LogP contribution is 2.39. The summed E-state index contributed by atoms with van der Waals surface area (Å²) in [7, 11) is 0. The van der Waals surface area contributed by atoms with Crippen LogP contribution in [-0.2, 0) is 17.4 Å². The van der Waals surface area contributed by atoms with Crippen molar-refractivity contribution in [1.82, 2.24) is 9.97 Å². The van der Waals surface area contributed by atoms with Crippen molar-refractivity contribution < 1.29 is 18.0 Å². The number of carbonyl (C=O) groups excluding carboxylic acids is 1. The Balaban J connectivity index is 1.62. The van der Waals surface area contributed by atoms with Crippen molar-refractivity contribution in [1.29, 1.82) is 5.26 Å². The van der Waals surface area contributed by atoms with Crippen LogP contribution >= 0.6 is 22.7 Å². The largest absolute Gasteiger partial charge is 0.416 e. The zero-order valence-corrected chi connectivity index (χ0v) is 17.0. The van der Waals surface area contributed by atoms with Crippen LogP contribution in [0.2, 0.25) is 0 Å². The van der Waals surface area contributed by atoms with Gasteiger partial charge >= 0.3 is 6.18 Å². The molecule has 1 aromatic carbocycles. The number of thiazole rings is 1. The number of H-pyrrole nitrogens is 1. The number of fused-ring (bicyclic) bond motifs is 1. The van der Waals surface area contributed by atoms with Crippen LogP contribution < -0.4 is 10.9 Å². The molecular formula is C20H11F3N4O2S2. The lowest BCUT2D eigenvalue weighted by Gasteiger charge is -2.09. The Morgan fingerprint density at radius 1 is 1.26 bits per heavy atom. The van der Waals surface area contributed by atoms with Crippen molar-refractivity contribution in [2.24, 2.45) is 0 Å². The summed E-state index contributed by atoms with van der Waals surface area (Å²) >= 11 is 2.47. The average molecular weight is 460 g/mol. The predicted molar refractivity (Wildman–Crippen MR) is 112 cm³/mol. The molecule has 0 unspecified atom stereocenters. The monoisotopic (exact) mass is 460 g/mol. The molecule has 0 saturated heterocycles. The standard InChI is InChI=1S/C20H11F3N4O2S2/c21-20(22,23)13-1-2-14-10(4-13)3-11(18(29)26-14)5-16(28)27-19-17(12(6-24)8-30-19)15-7-25-9-31-15/h1-4,7-9H,5H2,(H,26,29)(H,27,28). The van der Waals surface area contributed by atoms with Crippen LogP contribution in [0.4, 0.5) is 18.2 Å². The van der Waals surface area contributed by atoms with Crippen molar-refractivity contribution in [3.8, 4) is 16.5 Å². The number of aromatic nitrogens is 2. The van der Waals surface area contributed by atoms with Crippen LogP contribution in [0.25, 0.3) is 21.3 Å². The van der Waals surface area contributed by atoms with Crippen molar-refractivity contribution in [3.05, 3.63) is 68.4 Å². The maximum absolute atomic E-state index is 13.0. The second-order valence-corrected chi connectivity index (χ2v) is 8.25. The van der Waals surface area contributed by atoms with Crippen molar-refractivity contribution in [2.45, 2.75) is 12.6 Å². The third kappa shape index (κ3) is 4.21. The molecule has 6 nitrogen and oxygen atoms in total. The molecule has 0 aliphatic rings. The highest BCUT2D eigenvalue weighted by molar-refractivity contribution is 7.17. The molecule has 0 atom stereocenters. The summed E-state index contributed by atoms with van der Waals surface area (Å²) in [4.78, 5) is 32.1. The van der Waals surface area contributed by atoms with Crippen LogP contribution in [-0.4, -0.2) is 15.9 Å².